The predicted molar refractivity (Wildman–Crippen MR) is 126 cm³/mol. The van der Waals surface area contributed by atoms with Gasteiger partial charge in [0.2, 0.25) is 0 Å². The van der Waals surface area contributed by atoms with Crippen molar-refractivity contribution in [1.29, 1.82) is 0 Å². The molecule has 28 heavy (non-hydrogen) atoms. The first-order valence-corrected chi connectivity index (χ1v) is 10.1. The first-order valence-electron chi connectivity index (χ1n) is 9.74. The van der Waals surface area contributed by atoms with Gasteiger partial charge < -0.3 is 15.4 Å². The molecule has 1 aliphatic carbocycles. The molecule has 1 aliphatic heterocycles. The maximum absolute atomic E-state index is 6.57. The van der Waals surface area contributed by atoms with E-state index in [1.807, 2.05) is 12.1 Å². The standard InChI is InChI=1S/C20H32ClN3O.3ClH/c1-22-20(17-7-2-3-8-18(17)21)10-5-4-9-19(20)23-11-6-12-24-13-15-25-16-14-24;;;/h2-3,7-8,19,22-23H,4-6,9-16H2,1H3;3*1H/t19-,20+;;;/m1.../s1. The lowest BCUT2D eigenvalue weighted by Gasteiger charge is -2.45. The quantitative estimate of drug-likeness (QED) is 0.578. The monoisotopic (exact) mass is 473 g/mol. The summed E-state index contributed by atoms with van der Waals surface area (Å²) in [5.41, 5.74) is 1.18. The van der Waals surface area contributed by atoms with E-state index in [1.54, 1.807) is 0 Å². The van der Waals surface area contributed by atoms with E-state index >= 15 is 0 Å². The zero-order valence-corrected chi connectivity index (χ0v) is 19.8. The van der Waals surface area contributed by atoms with Crippen molar-refractivity contribution >= 4 is 48.8 Å². The van der Waals surface area contributed by atoms with Crippen LogP contribution in [0.1, 0.15) is 37.7 Å². The lowest BCUT2D eigenvalue weighted by Crippen LogP contribution is -2.58. The molecule has 2 fully saturated rings. The molecule has 0 aromatic heterocycles. The van der Waals surface area contributed by atoms with E-state index in [2.05, 4.69) is 34.7 Å². The Morgan fingerprint density at radius 3 is 2.54 bits per heavy atom. The third-order valence-corrected chi connectivity index (χ3v) is 6.18. The molecule has 1 saturated carbocycles. The second-order valence-corrected chi connectivity index (χ2v) is 7.67. The van der Waals surface area contributed by atoms with Crippen LogP contribution in [0, 0.1) is 0 Å². The van der Waals surface area contributed by atoms with Gasteiger partial charge in [-0.3, -0.25) is 4.90 Å². The second kappa shape index (κ2) is 14.3. The largest absolute Gasteiger partial charge is 0.379 e. The highest BCUT2D eigenvalue weighted by Gasteiger charge is 2.41. The Kier molecular flexibility index (Phi) is 14.4. The van der Waals surface area contributed by atoms with Crippen LogP contribution in [0.2, 0.25) is 5.02 Å². The molecule has 2 atom stereocenters. The van der Waals surface area contributed by atoms with Crippen LogP contribution in [0.4, 0.5) is 0 Å². The molecule has 1 aromatic carbocycles. The Morgan fingerprint density at radius 1 is 1.14 bits per heavy atom. The van der Waals surface area contributed by atoms with Crippen LogP contribution < -0.4 is 10.6 Å². The number of nitrogens with zero attached hydrogens (tertiary/aromatic N) is 1. The van der Waals surface area contributed by atoms with Gasteiger partial charge in [-0.15, -0.1) is 37.2 Å². The van der Waals surface area contributed by atoms with E-state index in [-0.39, 0.29) is 42.8 Å². The summed E-state index contributed by atoms with van der Waals surface area (Å²) in [5.74, 6) is 0. The van der Waals surface area contributed by atoms with Crippen LogP contribution in [0.25, 0.3) is 0 Å². The fourth-order valence-corrected chi connectivity index (χ4v) is 4.74. The molecule has 4 nitrogen and oxygen atoms in total. The topological polar surface area (TPSA) is 36.5 Å². The van der Waals surface area contributed by atoms with Gasteiger partial charge in [0, 0.05) is 24.2 Å². The SMILES string of the molecule is CN[C@]1(c2ccccc2Cl)CCCC[C@H]1NCCCN1CCOCC1.Cl.Cl.Cl. The van der Waals surface area contributed by atoms with Crippen molar-refractivity contribution in [3.63, 3.8) is 0 Å². The van der Waals surface area contributed by atoms with Crippen molar-refractivity contribution in [2.75, 3.05) is 46.4 Å². The molecule has 164 valence electrons. The second-order valence-electron chi connectivity index (χ2n) is 7.26. The number of morpholine rings is 1. The molecule has 0 radical (unpaired) electrons. The molecule has 1 aromatic rings. The van der Waals surface area contributed by atoms with E-state index in [1.165, 1.54) is 31.2 Å². The Morgan fingerprint density at radius 2 is 1.86 bits per heavy atom. The van der Waals surface area contributed by atoms with Gasteiger partial charge in [-0.25, -0.2) is 0 Å². The average Bonchev–Trinajstić information content (AvgIpc) is 2.67. The molecule has 0 amide bonds. The summed E-state index contributed by atoms with van der Waals surface area (Å²) in [6.45, 7) is 6.11. The maximum atomic E-state index is 6.57. The zero-order chi connectivity index (χ0) is 17.5. The molecular weight excluding hydrogens is 440 g/mol. The van der Waals surface area contributed by atoms with Crippen molar-refractivity contribution in [2.24, 2.45) is 0 Å². The number of halogens is 4. The third-order valence-electron chi connectivity index (χ3n) is 5.85. The average molecular weight is 475 g/mol. The molecule has 8 heteroatoms. The maximum Gasteiger partial charge on any atom is 0.0602 e. The molecule has 0 bridgehead atoms. The Balaban J connectivity index is 0.00000243. The number of hydrogen-bond donors (Lipinski definition) is 2. The zero-order valence-electron chi connectivity index (χ0n) is 16.6. The molecule has 0 spiro atoms. The van der Waals surface area contributed by atoms with Crippen LogP contribution in [-0.2, 0) is 10.3 Å². The van der Waals surface area contributed by atoms with Crippen molar-refractivity contribution in [1.82, 2.24) is 15.5 Å². The van der Waals surface area contributed by atoms with E-state index < -0.39 is 0 Å². The van der Waals surface area contributed by atoms with Gasteiger partial charge in [0.05, 0.1) is 18.8 Å². The number of ether oxygens (including phenoxy) is 1. The summed E-state index contributed by atoms with van der Waals surface area (Å²) in [6, 6.07) is 8.75. The smallest absolute Gasteiger partial charge is 0.0602 e. The Hall–Kier alpha value is 0.220. The van der Waals surface area contributed by atoms with Crippen LogP contribution >= 0.6 is 48.8 Å². The van der Waals surface area contributed by atoms with E-state index in [4.69, 9.17) is 16.3 Å². The molecule has 1 heterocycles. The fraction of sp³-hybridized carbons (Fsp3) is 0.700. The van der Waals surface area contributed by atoms with Crippen molar-refractivity contribution in [2.45, 2.75) is 43.7 Å². The lowest BCUT2D eigenvalue weighted by atomic mass is 9.72. The molecular formula is C20H35Cl4N3O. The summed E-state index contributed by atoms with van der Waals surface area (Å²) in [5, 5.41) is 8.36. The van der Waals surface area contributed by atoms with Gasteiger partial charge in [0.15, 0.2) is 0 Å². The highest BCUT2D eigenvalue weighted by atomic mass is 35.5. The first kappa shape index (κ1) is 28.2. The first-order chi connectivity index (χ1) is 12.3. The lowest BCUT2D eigenvalue weighted by molar-refractivity contribution is 0.0371. The minimum atomic E-state index is -0.0600. The number of hydrogen-bond acceptors (Lipinski definition) is 4. The minimum absolute atomic E-state index is 0. The van der Waals surface area contributed by atoms with Gasteiger partial charge in [0.25, 0.3) is 0 Å². The van der Waals surface area contributed by atoms with Crippen LogP contribution in [0.5, 0.6) is 0 Å². The Bertz CT molecular complexity index is 546. The normalized spacial score (nSPS) is 25.1. The van der Waals surface area contributed by atoms with E-state index in [9.17, 15) is 0 Å². The van der Waals surface area contributed by atoms with Gasteiger partial charge in [0.1, 0.15) is 0 Å². The van der Waals surface area contributed by atoms with E-state index in [0.29, 0.717) is 6.04 Å². The van der Waals surface area contributed by atoms with Crippen molar-refractivity contribution in [3.05, 3.63) is 34.9 Å². The van der Waals surface area contributed by atoms with E-state index in [0.717, 1.165) is 50.8 Å². The predicted octanol–water partition coefficient (Wildman–Crippen LogP) is 4.27. The van der Waals surface area contributed by atoms with Gasteiger partial charge in [-0.2, -0.15) is 0 Å². The number of rotatable bonds is 7. The minimum Gasteiger partial charge on any atom is -0.379 e. The summed E-state index contributed by atoms with van der Waals surface area (Å²) in [7, 11) is 2.08. The number of nitrogens with one attached hydrogen (secondary N) is 2. The Labute approximate surface area is 193 Å². The van der Waals surface area contributed by atoms with Crippen LogP contribution in [0.15, 0.2) is 24.3 Å². The van der Waals surface area contributed by atoms with Gasteiger partial charge in [-0.05, 0) is 51.0 Å². The summed E-state index contributed by atoms with van der Waals surface area (Å²) in [4.78, 5) is 2.51. The third kappa shape index (κ3) is 6.88. The summed E-state index contributed by atoms with van der Waals surface area (Å²) < 4.78 is 5.43. The van der Waals surface area contributed by atoms with Crippen molar-refractivity contribution < 1.29 is 4.74 Å². The van der Waals surface area contributed by atoms with Gasteiger partial charge in [-0.1, -0.05) is 42.6 Å². The molecule has 2 N–H and O–H groups in total. The summed E-state index contributed by atoms with van der Waals surface area (Å²) in [6.07, 6.45) is 6.05. The highest BCUT2D eigenvalue weighted by Crippen LogP contribution is 2.40. The number of benzene rings is 1. The summed E-state index contributed by atoms with van der Waals surface area (Å²) >= 11 is 6.57. The fourth-order valence-electron chi connectivity index (χ4n) is 4.43. The molecule has 1 saturated heterocycles. The highest BCUT2D eigenvalue weighted by molar-refractivity contribution is 6.31. The molecule has 3 rings (SSSR count). The number of likely N-dealkylation sites (N-methyl/N-ethyl adjacent to an activating group) is 1. The van der Waals surface area contributed by atoms with Crippen LogP contribution in [-0.4, -0.2) is 57.4 Å². The van der Waals surface area contributed by atoms with Gasteiger partial charge >= 0.3 is 0 Å². The van der Waals surface area contributed by atoms with Crippen molar-refractivity contribution in [3.8, 4) is 0 Å². The van der Waals surface area contributed by atoms with Crippen LogP contribution in [0.3, 0.4) is 0 Å². The molecule has 0 unspecified atom stereocenters. The molecule has 2 aliphatic rings.